The standard InChI is InChI=1S/C14H11NO3S/c16-13(17)9-7-11-6-8-12(19-11)14(18)15-10-4-2-1-3-5-10/h1-9H,(H,15,18)(H,16,17)/b9-7+. The molecule has 96 valence electrons. The number of carbonyl (C=O) groups excluding carboxylic acids is 1. The molecule has 1 aromatic carbocycles. The number of hydrogen-bond donors (Lipinski definition) is 2. The van der Waals surface area contributed by atoms with Gasteiger partial charge in [-0.2, -0.15) is 0 Å². The number of hydrogen-bond acceptors (Lipinski definition) is 3. The molecular weight excluding hydrogens is 262 g/mol. The number of thiophene rings is 1. The van der Waals surface area contributed by atoms with Crippen LogP contribution in [0.25, 0.3) is 6.08 Å². The zero-order chi connectivity index (χ0) is 13.7. The maximum Gasteiger partial charge on any atom is 0.328 e. The summed E-state index contributed by atoms with van der Waals surface area (Å²) in [6.45, 7) is 0. The lowest BCUT2D eigenvalue weighted by molar-refractivity contribution is -0.131. The third-order valence-corrected chi connectivity index (χ3v) is 3.32. The molecule has 0 aliphatic heterocycles. The molecule has 0 saturated carbocycles. The minimum absolute atomic E-state index is 0.203. The zero-order valence-electron chi connectivity index (χ0n) is 9.87. The maximum absolute atomic E-state index is 11.9. The van der Waals surface area contributed by atoms with Gasteiger partial charge in [-0.3, -0.25) is 4.79 Å². The number of para-hydroxylation sites is 1. The van der Waals surface area contributed by atoms with Crippen LogP contribution in [0.4, 0.5) is 5.69 Å². The van der Waals surface area contributed by atoms with E-state index in [1.807, 2.05) is 18.2 Å². The summed E-state index contributed by atoms with van der Waals surface area (Å²) < 4.78 is 0. The third-order valence-electron chi connectivity index (χ3n) is 2.27. The number of aliphatic carboxylic acids is 1. The largest absolute Gasteiger partial charge is 0.478 e. The summed E-state index contributed by atoms with van der Waals surface area (Å²) in [4.78, 5) is 23.6. The van der Waals surface area contributed by atoms with E-state index >= 15 is 0 Å². The van der Waals surface area contributed by atoms with Gasteiger partial charge in [-0.15, -0.1) is 11.3 Å². The van der Waals surface area contributed by atoms with E-state index in [1.165, 1.54) is 17.4 Å². The van der Waals surface area contributed by atoms with Crippen molar-refractivity contribution in [3.8, 4) is 0 Å². The van der Waals surface area contributed by atoms with E-state index in [2.05, 4.69) is 5.32 Å². The van der Waals surface area contributed by atoms with Gasteiger partial charge in [0.25, 0.3) is 5.91 Å². The first-order chi connectivity index (χ1) is 9.15. The molecule has 5 heteroatoms. The van der Waals surface area contributed by atoms with E-state index in [0.29, 0.717) is 4.88 Å². The number of carbonyl (C=O) groups is 2. The van der Waals surface area contributed by atoms with Crippen LogP contribution in [0, 0.1) is 0 Å². The van der Waals surface area contributed by atoms with Crippen LogP contribution in [-0.2, 0) is 4.79 Å². The summed E-state index contributed by atoms with van der Waals surface area (Å²) in [6, 6.07) is 12.5. The number of anilines is 1. The van der Waals surface area contributed by atoms with Crippen LogP contribution in [-0.4, -0.2) is 17.0 Å². The molecule has 19 heavy (non-hydrogen) atoms. The number of benzene rings is 1. The summed E-state index contributed by atoms with van der Waals surface area (Å²) in [6.07, 6.45) is 2.51. The highest BCUT2D eigenvalue weighted by Gasteiger charge is 2.08. The number of carboxylic acid groups (broad SMARTS) is 1. The summed E-state index contributed by atoms with van der Waals surface area (Å²) in [5.74, 6) is -1.21. The van der Waals surface area contributed by atoms with Gasteiger partial charge in [0.05, 0.1) is 4.88 Å². The summed E-state index contributed by atoms with van der Waals surface area (Å²) in [5.41, 5.74) is 0.725. The summed E-state index contributed by atoms with van der Waals surface area (Å²) in [7, 11) is 0. The molecule has 1 aromatic heterocycles. The topological polar surface area (TPSA) is 66.4 Å². The molecule has 2 N–H and O–H groups in total. The molecule has 2 rings (SSSR count). The second-order valence-corrected chi connectivity index (χ2v) is 4.81. The molecule has 0 radical (unpaired) electrons. The van der Waals surface area contributed by atoms with Gasteiger partial charge in [0.2, 0.25) is 0 Å². The van der Waals surface area contributed by atoms with Crippen LogP contribution in [0.15, 0.2) is 48.5 Å². The van der Waals surface area contributed by atoms with Crippen LogP contribution in [0.2, 0.25) is 0 Å². The van der Waals surface area contributed by atoms with Crippen LogP contribution in [0.1, 0.15) is 14.5 Å². The molecule has 4 nitrogen and oxygen atoms in total. The molecule has 0 aliphatic rings. The molecule has 0 aliphatic carbocycles. The normalized spacial score (nSPS) is 10.5. The first-order valence-electron chi connectivity index (χ1n) is 5.52. The second-order valence-electron chi connectivity index (χ2n) is 3.69. The lowest BCUT2D eigenvalue weighted by Crippen LogP contribution is -2.09. The van der Waals surface area contributed by atoms with Crippen molar-refractivity contribution < 1.29 is 14.7 Å². The molecule has 1 heterocycles. The van der Waals surface area contributed by atoms with E-state index in [9.17, 15) is 9.59 Å². The van der Waals surface area contributed by atoms with E-state index < -0.39 is 5.97 Å². The molecule has 0 spiro atoms. The zero-order valence-corrected chi connectivity index (χ0v) is 10.7. The number of nitrogens with one attached hydrogen (secondary N) is 1. The molecule has 0 saturated heterocycles. The van der Waals surface area contributed by atoms with Crippen molar-refractivity contribution in [3.05, 3.63) is 58.3 Å². The Bertz CT molecular complexity index is 617. The highest BCUT2D eigenvalue weighted by atomic mass is 32.1. The average Bonchev–Trinajstić information content (AvgIpc) is 2.86. The predicted octanol–water partition coefficient (Wildman–Crippen LogP) is 3.10. The van der Waals surface area contributed by atoms with Crippen molar-refractivity contribution in [1.82, 2.24) is 0 Å². The first-order valence-corrected chi connectivity index (χ1v) is 6.34. The highest BCUT2D eigenvalue weighted by molar-refractivity contribution is 7.15. The fraction of sp³-hybridized carbons (Fsp3) is 0. The maximum atomic E-state index is 11.9. The minimum Gasteiger partial charge on any atom is -0.478 e. The van der Waals surface area contributed by atoms with Crippen molar-refractivity contribution in [2.75, 3.05) is 5.32 Å². The van der Waals surface area contributed by atoms with Crippen molar-refractivity contribution in [1.29, 1.82) is 0 Å². The first kappa shape index (κ1) is 13.0. The van der Waals surface area contributed by atoms with Crippen molar-refractivity contribution in [3.63, 3.8) is 0 Å². The van der Waals surface area contributed by atoms with E-state index in [4.69, 9.17) is 5.11 Å². The van der Waals surface area contributed by atoms with E-state index in [1.54, 1.807) is 24.3 Å². The Balaban J connectivity index is 2.06. The molecule has 1 amide bonds. The predicted molar refractivity (Wildman–Crippen MR) is 75.4 cm³/mol. The highest BCUT2D eigenvalue weighted by Crippen LogP contribution is 2.19. The van der Waals surface area contributed by atoms with Gasteiger partial charge in [0.15, 0.2) is 0 Å². The lowest BCUT2D eigenvalue weighted by atomic mass is 10.3. The summed E-state index contributed by atoms with van der Waals surface area (Å²) >= 11 is 1.24. The molecule has 0 bridgehead atoms. The number of carboxylic acids is 1. The summed E-state index contributed by atoms with van der Waals surface area (Å²) in [5, 5.41) is 11.3. The van der Waals surface area contributed by atoms with Crippen molar-refractivity contribution >= 4 is 35.0 Å². The van der Waals surface area contributed by atoms with E-state index in [0.717, 1.165) is 16.6 Å². The van der Waals surface area contributed by atoms with E-state index in [-0.39, 0.29) is 5.91 Å². The molecule has 0 unspecified atom stereocenters. The quantitative estimate of drug-likeness (QED) is 0.841. The third kappa shape index (κ3) is 3.79. The fourth-order valence-electron chi connectivity index (χ4n) is 1.43. The Morgan fingerprint density at radius 2 is 1.84 bits per heavy atom. The molecule has 2 aromatic rings. The monoisotopic (exact) mass is 273 g/mol. The molecule has 0 atom stereocenters. The van der Waals surface area contributed by atoms with Gasteiger partial charge in [-0.25, -0.2) is 4.79 Å². The van der Waals surface area contributed by atoms with Crippen LogP contribution in [0.5, 0.6) is 0 Å². The molecule has 0 fully saturated rings. The Morgan fingerprint density at radius 3 is 2.53 bits per heavy atom. The minimum atomic E-state index is -1.01. The number of rotatable bonds is 4. The van der Waals surface area contributed by atoms with Crippen molar-refractivity contribution in [2.24, 2.45) is 0 Å². The Labute approximate surface area is 114 Å². The number of amides is 1. The Hall–Kier alpha value is -2.40. The van der Waals surface area contributed by atoms with Crippen LogP contribution < -0.4 is 5.32 Å². The van der Waals surface area contributed by atoms with Crippen LogP contribution in [0.3, 0.4) is 0 Å². The second kappa shape index (κ2) is 5.97. The van der Waals surface area contributed by atoms with Gasteiger partial charge >= 0.3 is 5.97 Å². The van der Waals surface area contributed by atoms with Gasteiger partial charge in [-0.1, -0.05) is 18.2 Å². The Morgan fingerprint density at radius 1 is 1.11 bits per heavy atom. The average molecular weight is 273 g/mol. The molecular formula is C14H11NO3S. The van der Waals surface area contributed by atoms with Gasteiger partial charge in [-0.05, 0) is 30.3 Å². The van der Waals surface area contributed by atoms with Gasteiger partial charge < -0.3 is 10.4 Å². The smallest absolute Gasteiger partial charge is 0.328 e. The van der Waals surface area contributed by atoms with Gasteiger partial charge in [0, 0.05) is 16.6 Å². The fourth-order valence-corrected chi connectivity index (χ4v) is 2.24. The SMILES string of the molecule is O=C(O)/C=C/c1ccc(C(=O)Nc2ccccc2)s1. The lowest BCUT2D eigenvalue weighted by Gasteiger charge is -2.01. The van der Waals surface area contributed by atoms with Gasteiger partial charge in [0.1, 0.15) is 0 Å². The van der Waals surface area contributed by atoms with Crippen molar-refractivity contribution in [2.45, 2.75) is 0 Å². The Kier molecular flexibility index (Phi) is 4.10. The van der Waals surface area contributed by atoms with Crippen LogP contribution >= 0.6 is 11.3 Å².